The molecule has 6 nitrogen and oxygen atoms in total. The van der Waals surface area contributed by atoms with Crippen molar-refractivity contribution in [2.24, 2.45) is 5.73 Å². The number of carbonyl (C=O) groups excluding carboxylic acids is 1. The van der Waals surface area contributed by atoms with Crippen LogP contribution < -0.4 is 20.5 Å². The highest BCUT2D eigenvalue weighted by atomic mass is 35.5. The first-order chi connectivity index (χ1) is 9.20. The van der Waals surface area contributed by atoms with E-state index in [4.69, 9.17) is 19.9 Å². The molecule has 0 saturated carbocycles. The van der Waals surface area contributed by atoms with Crippen molar-refractivity contribution in [3.05, 3.63) is 23.8 Å². The number of nitrogens with two attached hydrogens (primary N) is 1. The number of ether oxygens (including phenoxy) is 3. The van der Waals surface area contributed by atoms with Crippen LogP contribution in [0.1, 0.15) is 5.56 Å². The predicted octanol–water partition coefficient (Wildman–Crippen LogP) is 0.470. The van der Waals surface area contributed by atoms with Crippen molar-refractivity contribution in [2.45, 2.75) is 12.6 Å². The van der Waals surface area contributed by atoms with Crippen LogP contribution in [0.2, 0.25) is 0 Å². The van der Waals surface area contributed by atoms with Crippen molar-refractivity contribution in [3.63, 3.8) is 0 Å². The van der Waals surface area contributed by atoms with Gasteiger partial charge in [0, 0.05) is 13.7 Å². The maximum atomic E-state index is 11.6. The molecule has 20 heavy (non-hydrogen) atoms. The Bertz CT molecular complexity index is 456. The Morgan fingerprint density at radius 1 is 1.40 bits per heavy atom. The van der Waals surface area contributed by atoms with Gasteiger partial charge in [-0.05, 0) is 17.7 Å². The van der Waals surface area contributed by atoms with Gasteiger partial charge < -0.3 is 25.3 Å². The van der Waals surface area contributed by atoms with Gasteiger partial charge in [0.25, 0.3) is 0 Å². The van der Waals surface area contributed by atoms with Gasteiger partial charge in [0.15, 0.2) is 11.5 Å². The van der Waals surface area contributed by atoms with Crippen LogP contribution in [0.25, 0.3) is 0 Å². The molecule has 3 N–H and O–H groups in total. The number of amides is 1. The van der Waals surface area contributed by atoms with Crippen molar-refractivity contribution in [2.75, 3.05) is 26.9 Å². The molecule has 7 heteroatoms. The minimum atomic E-state index is -0.651. The summed E-state index contributed by atoms with van der Waals surface area (Å²) in [6.07, 6.45) is 0. The fourth-order valence-corrected chi connectivity index (χ4v) is 1.77. The Kier molecular flexibility index (Phi) is 6.57. The molecule has 0 radical (unpaired) electrons. The van der Waals surface area contributed by atoms with Crippen LogP contribution in [0.3, 0.4) is 0 Å². The molecule has 1 unspecified atom stereocenters. The van der Waals surface area contributed by atoms with Crippen LogP contribution in [-0.4, -0.2) is 38.9 Å². The van der Waals surface area contributed by atoms with Crippen molar-refractivity contribution >= 4 is 18.3 Å². The van der Waals surface area contributed by atoms with Crippen LogP contribution in [0, 0.1) is 0 Å². The smallest absolute Gasteiger partial charge is 0.239 e. The Labute approximate surface area is 124 Å². The zero-order valence-electron chi connectivity index (χ0n) is 11.3. The lowest BCUT2D eigenvalue weighted by Gasteiger charge is -2.19. The van der Waals surface area contributed by atoms with E-state index in [1.54, 1.807) is 0 Å². The number of methoxy groups -OCH3 is 1. The summed E-state index contributed by atoms with van der Waals surface area (Å²) in [5.74, 6) is 1.20. The molecule has 112 valence electrons. The molecule has 0 fully saturated rings. The largest absolute Gasteiger partial charge is 0.486 e. The van der Waals surface area contributed by atoms with Gasteiger partial charge in [-0.1, -0.05) is 6.07 Å². The predicted molar refractivity (Wildman–Crippen MR) is 76.4 cm³/mol. The molecule has 1 aromatic carbocycles. The number of hydrogen-bond donors (Lipinski definition) is 2. The number of carbonyl (C=O) groups is 1. The lowest BCUT2D eigenvalue weighted by atomic mass is 10.2. The standard InChI is InChI=1S/C13H18N2O4.ClH/c1-17-8-10(14)13(16)15-7-9-2-3-11-12(6-9)19-5-4-18-11;/h2-3,6,10H,4-5,7-8,14H2,1H3,(H,15,16);1H. The highest BCUT2D eigenvalue weighted by Crippen LogP contribution is 2.30. The van der Waals surface area contributed by atoms with Crippen molar-refractivity contribution in [1.29, 1.82) is 0 Å². The van der Waals surface area contributed by atoms with E-state index in [1.165, 1.54) is 7.11 Å². The fraction of sp³-hybridized carbons (Fsp3) is 0.462. The van der Waals surface area contributed by atoms with Gasteiger partial charge in [-0.25, -0.2) is 0 Å². The van der Waals surface area contributed by atoms with Crippen LogP contribution in [0.4, 0.5) is 0 Å². The third-order valence-electron chi connectivity index (χ3n) is 2.76. The van der Waals surface area contributed by atoms with E-state index >= 15 is 0 Å². The van der Waals surface area contributed by atoms with Gasteiger partial charge in [0.1, 0.15) is 19.3 Å². The molecule has 2 rings (SSSR count). The van der Waals surface area contributed by atoms with Crippen LogP contribution in [0.15, 0.2) is 18.2 Å². The summed E-state index contributed by atoms with van der Waals surface area (Å²) in [6, 6.07) is 4.93. The number of rotatable bonds is 5. The summed E-state index contributed by atoms with van der Waals surface area (Å²) >= 11 is 0. The van der Waals surface area contributed by atoms with Crippen LogP contribution in [-0.2, 0) is 16.1 Å². The first kappa shape index (κ1) is 16.6. The molecule has 1 amide bonds. The molecule has 1 aromatic rings. The van der Waals surface area contributed by atoms with Gasteiger partial charge in [-0.2, -0.15) is 0 Å². The van der Waals surface area contributed by atoms with E-state index in [2.05, 4.69) is 5.32 Å². The van der Waals surface area contributed by atoms with E-state index in [9.17, 15) is 4.79 Å². The zero-order chi connectivity index (χ0) is 13.7. The minimum Gasteiger partial charge on any atom is -0.486 e. The minimum absolute atomic E-state index is 0. The molecular weight excluding hydrogens is 284 g/mol. The molecule has 0 saturated heterocycles. The summed E-state index contributed by atoms with van der Waals surface area (Å²) in [7, 11) is 1.51. The SMILES string of the molecule is COCC(N)C(=O)NCc1ccc2c(c1)OCCO2.Cl. The molecule has 1 aliphatic heterocycles. The molecule has 0 aromatic heterocycles. The number of halogens is 1. The number of fused-ring (bicyclic) bond motifs is 1. The number of benzene rings is 1. The highest BCUT2D eigenvalue weighted by molar-refractivity contribution is 5.85. The highest BCUT2D eigenvalue weighted by Gasteiger charge is 2.14. The lowest BCUT2D eigenvalue weighted by molar-refractivity contribution is -0.123. The fourth-order valence-electron chi connectivity index (χ4n) is 1.77. The molecule has 1 heterocycles. The van der Waals surface area contributed by atoms with Gasteiger partial charge in [0.2, 0.25) is 5.91 Å². The quantitative estimate of drug-likeness (QED) is 0.826. The van der Waals surface area contributed by atoms with Gasteiger partial charge in [-0.3, -0.25) is 4.79 Å². The summed E-state index contributed by atoms with van der Waals surface area (Å²) in [5, 5.41) is 2.75. The second-order valence-corrected chi connectivity index (χ2v) is 4.26. The molecular formula is C13H19ClN2O4. The second-order valence-electron chi connectivity index (χ2n) is 4.26. The van der Waals surface area contributed by atoms with E-state index < -0.39 is 6.04 Å². The zero-order valence-corrected chi connectivity index (χ0v) is 12.1. The third kappa shape index (κ3) is 4.26. The topological polar surface area (TPSA) is 82.8 Å². The summed E-state index contributed by atoms with van der Waals surface area (Å²) in [6.45, 7) is 1.70. The maximum Gasteiger partial charge on any atom is 0.239 e. The molecule has 0 spiro atoms. The normalized spacial score (nSPS) is 14.1. The number of hydrogen-bond acceptors (Lipinski definition) is 5. The van der Waals surface area contributed by atoms with E-state index in [0.717, 1.165) is 11.3 Å². The van der Waals surface area contributed by atoms with Crippen molar-refractivity contribution in [3.8, 4) is 11.5 Å². The molecule has 0 aliphatic carbocycles. The Hall–Kier alpha value is -1.50. The first-order valence-corrected chi connectivity index (χ1v) is 6.11. The Morgan fingerprint density at radius 2 is 2.10 bits per heavy atom. The van der Waals surface area contributed by atoms with Crippen molar-refractivity contribution < 1.29 is 19.0 Å². The summed E-state index contributed by atoms with van der Waals surface area (Å²) in [4.78, 5) is 11.6. The third-order valence-corrected chi connectivity index (χ3v) is 2.76. The monoisotopic (exact) mass is 302 g/mol. The first-order valence-electron chi connectivity index (χ1n) is 6.11. The Morgan fingerprint density at radius 3 is 2.80 bits per heavy atom. The molecule has 0 bridgehead atoms. The summed E-state index contributed by atoms with van der Waals surface area (Å²) < 4.78 is 15.7. The molecule has 1 aliphatic rings. The van der Waals surface area contributed by atoms with Crippen LogP contribution in [0.5, 0.6) is 11.5 Å². The summed E-state index contributed by atoms with van der Waals surface area (Å²) in [5.41, 5.74) is 6.55. The van der Waals surface area contributed by atoms with E-state index in [0.29, 0.717) is 25.5 Å². The van der Waals surface area contributed by atoms with Gasteiger partial charge in [0.05, 0.1) is 6.61 Å². The average molecular weight is 303 g/mol. The second kappa shape index (κ2) is 7.94. The lowest BCUT2D eigenvalue weighted by Crippen LogP contribution is -2.43. The average Bonchev–Trinajstić information content (AvgIpc) is 2.44. The van der Waals surface area contributed by atoms with Crippen molar-refractivity contribution in [1.82, 2.24) is 5.32 Å². The maximum absolute atomic E-state index is 11.6. The van der Waals surface area contributed by atoms with Crippen LogP contribution >= 0.6 is 12.4 Å². The number of nitrogens with one attached hydrogen (secondary N) is 1. The Balaban J connectivity index is 0.00000200. The van der Waals surface area contributed by atoms with E-state index in [-0.39, 0.29) is 24.9 Å². The van der Waals surface area contributed by atoms with Gasteiger partial charge >= 0.3 is 0 Å². The van der Waals surface area contributed by atoms with E-state index in [1.807, 2.05) is 18.2 Å². The molecule has 1 atom stereocenters. The van der Waals surface area contributed by atoms with Gasteiger partial charge in [-0.15, -0.1) is 12.4 Å².